The zero-order valence-electron chi connectivity index (χ0n) is 12.3. The lowest BCUT2D eigenvalue weighted by Crippen LogP contribution is -2.42. The highest BCUT2D eigenvalue weighted by atomic mass is 35.5. The summed E-state index contributed by atoms with van der Waals surface area (Å²) in [4.78, 5) is 18.7. The Balaban J connectivity index is 2.18. The Morgan fingerprint density at radius 3 is 2.90 bits per heavy atom. The molecule has 110 valence electrons. The molecule has 2 atom stereocenters. The molecule has 0 aliphatic carbocycles. The number of pyridine rings is 1. The van der Waals surface area contributed by atoms with Gasteiger partial charge in [0.2, 0.25) is 0 Å². The quantitative estimate of drug-likeness (QED) is 0.931. The van der Waals surface area contributed by atoms with Crippen LogP contribution in [0, 0.1) is 11.8 Å². The predicted octanol–water partition coefficient (Wildman–Crippen LogP) is 3.28. The molecule has 1 N–H and O–H groups in total. The van der Waals surface area contributed by atoms with E-state index in [1.807, 2.05) is 11.8 Å². The normalized spacial score (nSPS) is 22.7. The van der Waals surface area contributed by atoms with Gasteiger partial charge in [-0.2, -0.15) is 0 Å². The first-order valence-electron chi connectivity index (χ1n) is 7.21. The number of carbonyl (C=O) groups is 1. The highest BCUT2D eigenvalue weighted by Gasteiger charge is 2.27. The summed E-state index contributed by atoms with van der Waals surface area (Å²) in [6, 6.07) is 1.75. The highest BCUT2D eigenvalue weighted by molar-refractivity contribution is 6.33. The van der Waals surface area contributed by atoms with Crippen LogP contribution in [0.5, 0.6) is 0 Å². The molecule has 1 aliphatic heterocycles. The summed E-state index contributed by atoms with van der Waals surface area (Å²) >= 11 is 6.14. The van der Waals surface area contributed by atoms with Crippen LogP contribution in [0.1, 0.15) is 37.6 Å². The van der Waals surface area contributed by atoms with E-state index in [1.165, 1.54) is 0 Å². The number of amides is 1. The average molecular weight is 296 g/mol. The third kappa shape index (κ3) is 3.23. The van der Waals surface area contributed by atoms with Crippen LogP contribution in [0.2, 0.25) is 5.02 Å². The third-order valence-corrected chi connectivity index (χ3v) is 4.37. The van der Waals surface area contributed by atoms with Crippen molar-refractivity contribution in [3.63, 3.8) is 0 Å². The SMILES string of the molecule is CCNc1cc(C(=O)N2CCC(C)C(C)C2)c(Cl)cn1. The first-order chi connectivity index (χ1) is 9.52. The third-order valence-electron chi connectivity index (χ3n) is 4.06. The molecule has 1 amide bonds. The van der Waals surface area contributed by atoms with Crippen molar-refractivity contribution in [1.29, 1.82) is 0 Å². The monoisotopic (exact) mass is 295 g/mol. The summed E-state index contributed by atoms with van der Waals surface area (Å²) in [5, 5.41) is 3.53. The second kappa shape index (κ2) is 6.44. The molecule has 20 heavy (non-hydrogen) atoms. The van der Waals surface area contributed by atoms with Gasteiger partial charge in [-0.3, -0.25) is 4.79 Å². The molecule has 0 aromatic carbocycles. The molecule has 1 fully saturated rings. The van der Waals surface area contributed by atoms with Crippen molar-refractivity contribution < 1.29 is 4.79 Å². The summed E-state index contributed by atoms with van der Waals surface area (Å²) in [5.41, 5.74) is 0.541. The van der Waals surface area contributed by atoms with E-state index in [-0.39, 0.29) is 5.91 Å². The molecular formula is C15H22ClN3O. The fourth-order valence-corrected chi connectivity index (χ4v) is 2.68. The fourth-order valence-electron chi connectivity index (χ4n) is 2.50. The number of hydrogen-bond acceptors (Lipinski definition) is 3. The van der Waals surface area contributed by atoms with Crippen LogP contribution in [-0.2, 0) is 0 Å². The van der Waals surface area contributed by atoms with Gasteiger partial charge in [0.25, 0.3) is 5.91 Å². The fraction of sp³-hybridized carbons (Fsp3) is 0.600. The van der Waals surface area contributed by atoms with Gasteiger partial charge in [-0.05, 0) is 31.2 Å². The minimum atomic E-state index is 0.00954. The van der Waals surface area contributed by atoms with Crippen molar-refractivity contribution in [1.82, 2.24) is 9.88 Å². The Morgan fingerprint density at radius 2 is 2.25 bits per heavy atom. The maximum atomic E-state index is 12.6. The van der Waals surface area contributed by atoms with Crippen LogP contribution >= 0.6 is 11.6 Å². The largest absolute Gasteiger partial charge is 0.370 e. The molecule has 1 aliphatic rings. The number of carbonyl (C=O) groups excluding carboxylic acids is 1. The van der Waals surface area contributed by atoms with E-state index in [0.717, 1.165) is 26.1 Å². The Hall–Kier alpha value is -1.29. The number of rotatable bonds is 3. The van der Waals surface area contributed by atoms with Gasteiger partial charge in [-0.25, -0.2) is 4.98 Å². The summed E-state index contributed by atoms with van der Waals surface area (Å²) in [7, 11) is 0. The minimum Gasteiger partial charge on any atom is -0.370 e. The van der Waals surface area contributed by atoms with Crippen molar-refractivity contribution in [3.05, 3.63) is 22.8 Å². The standard InChI is InChI=1S/C15H22ClN3O/c1-4-17-14-7-12(13(16)8-18-14)15(20)19-6-5-10(2)11(3)9-19/h7-8,10-11H,4-6,9H2,1-3H3,(H,17,18). The molecule has 0 bridgehead atoms. The number of nitrogens with zero attached hydrogens (tertiary/aromatic N) is 2. The Morgan fingerprint density at radius 1 is 1.50 bits per heavy atom. The lowest BCUT2D eigenvalue weighted by Gasteiger charge is -2.35. The molecule has 1 aromatic heterocycles. The van der Waals surface area contributed by atoms with Gasteiger partial charge in [0.1, 0.15) is 5.82 Å². The lowest BCUT2D eigenvalue weighted by molar-refractivity contribution is 0.0627. The molecule has 2 heterocycles. The summed E-state index contributed by atoms with van der Waals surface area (Å²) < 4.78 is 0. The predicted molar refractivity (Wildman–Crippen MR) is 82.3 cm³/mol. The van der Waals surface area contributed by atoms with Gasteiger partial charge < -0.3 is 10.2 Å². The molecule has 1 saturated heterocycles. The van der Waals surface area contributed by atoms with E-state index in [4.69, 9.17) is 11.6 Å². The van der Waals surface area contributed by atoms with Crippen LogP contribution in [0.25, 0.3) is 0 Å². The molecule has 0 saturated carbocycles. The van der Waals surface area contributed by atoms with Crippen molar-refractivity contribution in [3.8, 4) is 0 Å². The molecule has 0 radical (unpaired) electrons. The zero-order chi connectivity index (χ0) is 14.7. The number of likely N-dealkylation sites (tertiary alicyclic amines) is 1. The van der Waals surface area contributed by atoms with Crippen molar-refractivity contribution in [2.24, 2.45) is 11.8 Å². The first kappa shape index (κ1) is 15.1. The Labute approximate surface area is 125 Å². The maximum Gasteiger partial charge on any atom is 0.255 e. The molecule has 4 nitrogen and oxygen atoms in total. The zero-order valence-corrected chi connectivity index (χ0v) is 13.1. The van der Waals surface area contributed by atoms with Gasteiger partial charge in [-0.15, -0.1) is 0 Å². The second-order valence-electron chi connectivity index (χ2n) is 5.57. The molecule has 2 unspecified atom stereocenters. The van der Waals surface area contributed by atoms with E-state index < -0.39 is 0 Å². The number of hydrogen-bond donors (Lipinski definition) is 1. The van der Waals surface area contributed by atoms with Crippen LogP contribution in [0.3, 0.4) is 0 Å². The van der Waals surface area contributed by atoms with Gasteiger partial charge in [-0.1, -0.05) is 25.4 Å². The van der Waals surface area contributed by atoms with E-state index in [2.05, 4.69) is 24.1 Å². The topological polar surface area (TPSA) is 45.2 Å². The van der Waals surface area contributed by atoms with E-state index in [0.29, 0.717) is 28.2 Å². The summed E-state index contributed by atoms with van der Waals surface area (Å²) in [5.74, 6) is 1.90. The van der Waals surface area contributed by atoms with Gasteiger partial charge in [0, 0.05) is 25.8 Å². The van der Waals surface area contributed by atoms with E-state index in [9.17, 15) is 4.79 Å². The number of piperidine rings is 1. The molecule has 2 rings (SSSR count). The smallest absolute Gasteiger partial charge is 0.255 e. The van der Waals surface area contributed by atoms with Crippen LogP contribution in [0.15, 0.2) is 12.3 Å². The first-order valence-corrected chi connectivity index (χ1v) is 7.59. The summed E-state index contributed by atoms with van der Waals surface area (Å²) in [6.07, 6.45) is 2.60. The Kier molecular flexibility index (Phi) is 4.86. The summed E-state index contributed by atoms with van der Waals surface area (Å²) in [6.45, 7) is 8.80. The number of aromatic nitrogens is 1. The number of nitrogens with one attached hydrogen (secondary N) is 1. The van der Waals surface area contributed by atoms with Crippen LogP contribution < -0.4 is 5.32 Å². The van der Waals surface area contributed by atoms with Crippen molar-refractivity contribution >= 4 is 23.3 Å². The highest BCUT2D eigenvalue weighted by Crippen LogP contribution is 2.26. The molecular weight excluding hydrogens is 274 g/mol. The van der Waals surface area contributed by atoms with Gasteiger partial charge in [0.15, 0.2) is 0 Å². The minimum absolute atomic E-state index is 0.00954. The van der Waals surface area contributed by atoms with E-state index in [1.54, 1.807) is 12.3 Å². The van der Waals surface area contributed by atoms with Crippen molar-refractivity contribution in [2.75, 3.05) is 25.0 Å². The molecule has 1 aromatic rings. The molecule has 5 heteroatoms. The number of anilines is 1. The second-order valence-corrected chi connectivity index (χ2v) is 5.98. The maximum absolute atomic E-state index is 12.6. The lowest BCUT2D eigenvalue weighted by atomic mass is 9.88. The van der Waals surface area contributed by atoms with E-state index >= 15 is 0 Å². The van der Waals surface area contributed by atoms with Crippen LogP contribution in [0.4, 0.5) is 5.82 Å². The number of halogens is 1. The molecule has 0 spiro atoms. The van der Waals surface area contributed by atoms with Crippen LogP contribution in [-0.4, -0.2) is 35.4 Å². The average Bonchev–Trinajstić information content (AvgIpc) is 2.43. The van der Waals surface area contributed by atoms with Gasteiger partial charge in [0.05, 0.1) is 10.6 Å². The Bertz CT molecular complexity index is 492. The van der Waals surface area contributed by atoms with Crippen molar-refractivity contribution in [2.45, 2.75) is 27.2 Å². The van der Waals surface area contributed by atoms with Gasteiger partial charge >= 0.3 is 0 Å².